The fourth-order valence-corrected chi connectivity index (χ4v) is 1.07. The molecule has 4 nitrogen and oxygen atoms in total. The van der Waals surface area contributed by atoms with Crippen LogP contribution in [-0.4, -0.2) is 22.2 Å². The lowest BCUT2D eigenvalue weighted by Gasteiger charge is -2.12. The minimum atomic E-state index is -1.25. The van der Waals surface area contributed by atoms with Gasteiger partial charge in [-0.25, -0.2) is 4.79 Å². The van der Waals surface area contributed by atoms with E-state index in [1.165, 1.54) is 6.20 Å². The molecule has 1 aromatic rings. The van der Waals surface area contributed by atoms with Gasteiger partial charge in [0, 0.05) is 17.5 Å². The van der Waals surface area contributed by atoms with Crippen molar-refractivity contribution in [3.63, 3.8) is 0 Å². The zero-order valence-corrected chi connectivity index (χ0v) is 9.10. The average Bonchev–Trinajstić information content (AvgIpc) is 2.17. The van der Waals surface area contributed by atoms with Crippen molar-refractivity contribution in [2.24, 2.45) is 0 Å². The predicted molar refractivity (Wildman–Crippen MR) is 55.2 cm³/mol. The Morgan fingerprint density at radius 2 is 2.13 bits per heavy atom. The summed E-state index contributed by atoms with van der Waals surface area (Å²) in [6.07, 6.45) is -0.00671. The van der Waals surface area contributed by atoms with Gasteiger partial charge >= 0.3 is 5.97 Å². The molecule has 0 saturated heterocycles. The summed E-state index contributed by atoms with van der Waals surface area (Å²) < 4.78 is 4.88. The van der Waals surface area contributed by atoms with E-state index in [2.05, 4.69) is 4.98 Å². The van der Waals surface area contributed by atoms with Crippen LogP contribution in [0.4, 0.5) is 0 Å². The molecular formula is C11H15NO3. The van der Waals surface area contributed by atoms with Gasteiger partial charge in [0.1, 0.15) is 0 Å². The maximum atomic E-state index is 11.3. The number of aromatic nitrogens is 1. The van der Waals surface area contributed by atoms with E-state index in [1.54, 1.807) is 26.0 Å². The molecule has 0 radical (unpaired) electrons. The Labute approximate surface area is 88.9 Å². The van der Waals surface area contributed by atoms with Crippen molar-refractivity contribution in [1.29, 1.82) is 0 Å². The Bertz CT molecular complexity index is 332. The number of carbonyl (C=O) groups is 1. The van der Waals surface area contributed by atoms with Crippen molar-refractivity contribution in [2.45, 2.75) is 33.0 Å². The fourth-order valence-electron chi connectivity index (χ4n) is 1.07. The van der Waals surface area contributed by atoms with Gasteiger partial charge in [0.25, 0.3) is 0 Å². The number of carbonyl (C=O) groups excluding carboxylic acids is 1. The van der Waals surface area contributed by atoms with Gasteiger partial charge in [0.05, 0.1) is 6.10 Å². The number of ether oxygens (including phenoxy) is 1. The Morgan fingerprint density at radius 3 is 2.60 bits per heavy atom. The normalized spacial score (nSPS) is 12.6. The highest BCUT2D eigenvalue weighted by molar-refractivity contribution is 5.76. The molecule has 1 aromatic heterocycles. The molecular weight excluding hydrogens is 194 g/mol. The number of esters is 1. The number of pyridine rings is 1. The monoisotopic (exact) mass is 209 g/mol. The van der Waals surface area contributed by atoms with Crippen LogP contribution in [0.5, 0.6) is 0 Å². The summed E-state index contributed by atoms with van der Waals surface area (Å²) in [7, 11) is 0. The van der Waals surface area contributed by atoms with Crippen LogP contribution >= 0.6 is 0 Å². The lowest BCUT2D eigenvalue weighted by Crippen LogP contribution is -2.19. The van der Waals surface area contributed by atoms with Crippen LogP contribution in [0.3, 0.4) is 0 Å². The second-order valence-corrected chi connectivity index (χ2v) is 3.62. The number of hydrogen-bond donors (Lipinski definition) is 1. The highest BCUT2D eigenvalue weighted by Crippen LogP contribution is 2.14. The summed E-state index contributed by atoms with van der Waals surface area (Å²) in [5.41, 5.74) is 1.29. The zero-order chi connectivity index (χ0) is 11.4. The molecule has 15 heavy (non-hydrogen) atoms. The summed E-state index contributed by atoms with van der Waals surface area (Å²) in [4.78, 5) is 15.3. The average molecular weight is 209 g/mol. The molecule has 4 heteroatoms. The topological polar surface area (TPSA) is 59.4 Å². The van der Waals surface area contributed by atoms with Gasteiger partial charge in [0.2, 0.25) is 0 Å². The summed E-state index contributed by atoms with van der Waals surface area (Å²) in [6.45, 7) is 5.30. The second kappa shape index (κ2) is 4.89. The van der Waals surface area contributed by atoms with Gasteiger partial charge in [-0.1, -0.05) is 6.07 Å². The third-order valence-electron chi connectivity index (χ3n) is 1.83. The van der Waals surface area contributed by atoms with Gasteiger partial charge in [0.15, 0.2) is 6.10 Å². The van der Waals surface area contributed by atoms with Crippen molar-refractivity contribution in [1.82, 2.24) is 4.98 Å². The molecule has 0 aromatic carbocycles. The van der Waals surface area contributed by atoms with Crippen LogP contribution in [0.25, 0.3) is 0 Å². The van der Waals surface area contributed by atoms with Gasteiger partial charge in [-0.2, -0.15) is 0 Å². The molecule has 1 rings (SSSR count). The fraction of sp³-hybridized carbons (Fsp3) is 0.455. The number of hydrogen-bond acceptors (Lipinski definition) is 4. The molecule has 0 amide bonds. The molecule has 1 N–H and O–H groups in total. The van der Waals surface area contributed by atoms with Crippen molar-refractivity contribution in [2.75, 3.05) is 0 Å². The van der Waals surface area contributed by atoms with E-state index in [9.17, 15) is 9.90 Å². The Morgan fingerprint density at radius 1 is 1.47 bits per heavy atom. The van der Waals surface area contributed by atoms with Crippen molar-refractivity contribution >= 4 is 5.97 Å². The first-order chi connectivity index (χ1) is 7.00. The van der Waals surface area contributed by atoms with E-state index < -0.39 is 12.1 Å². The third kappa shape index (κ3) is 3.32. The maximum absolute atomic E-state index is 11.3. The van der Waals surface area contributed by atoms with Gasteiger partial charge in [-0.3, -0.25) is 4.98 Å². The summed E-state index contributed by atoms with van der Waals surface area (Å²) >= 11 is 0. The first kappa shape index (κ1) is 11.7. The summed E-state index contributed by atoms with van der Waals surface area (Å²) in [5.74, 6) is -0.643. The summed E-state index contributed by atoms with van der Waals surface area (Å²) in [6, 6.07) is 3.40. The molecule has 82 valence electrons. The number of rotatable bonds is 3. The minimum Gasteiger partial charge on any atom is -0.461 e. The highest BCUT2D eigenvalue weighted by atomic mass is 16.6. The van der Waals surface area contributed by atoms with Gasteiger partial charge < -0.3 is 9.84 Å². The number of aliphatic hydroxyl groups excluding tert-OH is 1. The quantitative estimate of drug-likeness (QED) is 0.764. The molecule has 0 aliphatic carbocycles. The standard InChI is InChI=1S/C11H15NO3/c1-7(2)15-11(14)10(13)9-5-4-8(3)12-6-9/h4-7,10,13H,1-3H3. The van der Waals surface area contributed by atoms with Crippen LogP contribution in [0.1, 0.15) is 31.2 Å². The predicted octanol–water partition coefficient (Wildman–Crippen LogP) is 1.38. The van der Waals surface area contributed by atoms with Crippen LogP contribution < -0.4 is 0 Å². The first-order valence-corrected chi connectivity index (χ1v) is 4.82. The highest BCUT2D eigenvalue weighted by Gasteiger charge is 2.19. The van der Waals surface area contributed by atoms with Gasteiger partial charge in [-0.15, -0.1) is 0 Å². The molecule has 0 aliphatic rings. The van der Waals surface area contributed by atoms with E-state index in [1.807, 2.05) is 6.92 Å². The molecule has 1 heterocycles. The molecule has 0 bridgehead atoms. The van der Waals surface area contributed by atoms with E-state index in [0.717, 1.165) is 5.69 Å². The Hall–Kier alpha value is -1.42. The first-order valence-electron chi connectivity index (χ1n) is 4.82. The van der Waals surface area contributed by atoms with E-state index in [-0.39, 0.29) is 6.10 Å². The Kier molecular flexibility index (Phi) is 3.80. The lowest BCUT2D eigenvalue weighted by atomic mass is 10.1. The van der Waals surface area contributed by atoms with Crippen LogP contribution in [0.2, 0.25) is 0 Å². The number of nitrogens with zero attached hydrogens (tertiary/aromatic N) is 1. The van der Waals surface area contributed by atoms with E-state index in [0.29, 0.717) is 5.56 Å². The van der Waals surface area contributed by atoms with Gasteiger partial charge in [-0.05, 0) is 26.8 Å². The maximum Gasteiger partial charge on any atom is 0.339 e. The molecule has 0 spiro atoms. The molecule has 1 unspecified atom stereocenters. The van der Waals surface area contributed by atoms with E-state index >= 15 is 0 Å². The number of aryl methyl sites for hydroxylation is 1. The van der Waals surface area contributed by atoms with Crippen LogP contribution in [0.15, 0.2) is 18.3 Å². The van der Waals surface area contributed by atoms with Crippen molar-refractivity contribution in [3.05, 3.63) is 29.6 Å². The van der Waals surface area contributed by atoms with Crippen molar-refractivity contribution < 1.29 is 14.6 Å². The minimum absolute atomic E-state index is 0.231. The lowest BCUT2D eigenvalue weighted by molar-refractivity contribution is -0.157. The third-order valence-corrected chi connectivity index (χ3v) is 1.83. The molecule has 0 fully saturated rings. The largest absolute Gasteiger partial charge is 0.461 e. The second-order valence-electron chi connectivity index (χ2n) is 3.62. The SMILES string of the molecule is Cc1ccc(C(O)C(=O)OC(C)C)cn1. The van der Waals surface area contributed by atoms with Crippen LogP contribution in [0, 0.1) is 6.92 Å². The summed E-state index contributed by atoms with van der Waals surface area (Å²) in [5, 5.41) is 9.61. The zero-order valence-electron chi connectivity index (χ0n) is 9.10. The molecule has 0 aliphatic heterocycles. The molecule has 0 saturated carbocycles. The van der Waals surface area contributed by atoms with Crippen molar-refractivity contribution in [3.8, 4) is 0 Å². The number of aliphatic hydroxyl groups is 1. The smallest absolute Gasteiger partial charge is 0.339 e. The molecule has 1 atom stereocenters. The Balaban J connectivity index is 2.71. The van der Waals surface area contributed by atoms with E-state index in [4.69, 9.17) is 4.74 Å². The van der Waals surface area contributed by atoms with Crippen LogP contribution in [-0.2, 0) is 9.53 Å².